The Labute approximate surface area is 143 Å². The molecule has 0 N–H and O–H groups in total. The summed E-state index contributed by atoms with van der Waals surface area (Å²) in [5.74, 6) is -3.83. The van der Waals surface area contributed by atoms with Gasteiger partial charge in [-0.25, -0.2) is 4.79 Å². The highest BCUT2D eigenvalue weighted by Gasteiger charge is 2.60. The smallest absolute Gasteiger partial charge is 0.434 e. The summed E-state index contributed by atoms with van der Waals surface area (Å²) in [7, 11) is 0. The van der Waals surface area contributed by atoms with Crippen LogP contribution in [0.15, 0.2) is 0 Å². The van der Waals surface area contributed by atoms with Crippen LogP contribution < -0.4 is 0 Å². The monoisotopic (exact) mass is 394 g/mol. The van der Waals surface area contributed by atoms with Gasteiger partial charge >= 0.3 is 30.3 Å². The minimum atomic E-state index is -5.86. The molecule has 1 aliphatic rings. The molecule has 0 aromatic rings. The highest BCUT2D eigenvalue weighted by atomic mass is 19.4. The maximum atomic E-state index is 12.5. The molecule has 2 atom stereocenters. The minimum absolute atomic E-state index is 0.00269. The number of rotatable bonds is 6. The van der Waals surface area contributed by atoms with Gasteiger partial charge in [0, 0.05) is 6.42 Å². The second-order valence-electron chi connectivity index (χ2n) is 5.89. The predicted molar refractivity (Wildman–Crippen MR) is 70.5 cm³/mol. The van der Waals surface area contributed by atoms with Gasteiger partial charge in [-0.2, -0.15) is 26.3 Å². The molecule has 1 aliphatic heterocycles. The summed E-state index contributed by atoms with van der Waals surface area (Å²) in [4.78, 5) is 34.9. The molecule has 0 amide bonds. The van der Waals surface area contributed by atoms with Gasteiger partial charge in [0.2, 0.25) is 6.10 Å². The maximum Gasteiger partial charge on any atom is 0.434 e. The van der Waals surface area contributed by atoms with E-state index in [-0.39, 0.29) is 19.4 Å². The van der Waals surface area contributed by atoms with E-state index < -0.39 is 54.3 Å². The lowest BCUT2D eigenvalue weighted by atomic mass is 9.84. The molecule has 1 rings (SSSR count). The van der Waals surface area contributed by atoms with Gasteiger partial charge in [0.1, 0.15) is 0 Å². The van der Waals surface area contributed by atoms with Crippen molar-refractivity contribution in [2.45, 2.75) is 57.7 Å². The Bertz CT molecular complexity index is 543. The molecule has 0 saturated carbocycles. The van der Waals surface area contributed by atoms with Crippen LogP contribution in [0.25, 0.3) is 0 Å². The minimum Gasteiger partial charge on any atom is -0.463 e. The van der Waals surface area contributed by atoms with Gasteiger partial charge in [0.25, 0.3) is 6.10 Å². The van der Waals surface area contributed by atoms with E-state index in [1.807, 2.05) is 0 Å². The zero-order chi connectivity index (χ0) is 20.3. The molecule has 26 heavy (non-hydrogen) atoms. The van der Waals surface area contributed by atoms with Crippen molar-refractivity contribution in [3.8, 4) is 0 Å². The van der Waals surface area contributed by atoms with Crippen molar-refractivity contribution in [2.24, 2.45) is 5.41 Å². The molecule has 1 fully saturated rings. The summed E-state index contributed by atoms with van der Waals surface area (Å²) >= 11 is 0. The normalized spacial score (nSPS) is 20.5. The van der Waals surface area contributed by atoms with E-state index in [4.69, 9.17) is 4.74 Å². The fourth-order valence-electron chi connectivity index (χ4n) is 2.01. The van der Waals surface area contributed by atoms with Crippen LogP contribution in [0, 0.1) is 5.41 Å². The molecule has 150 valence electrons. The van der Waals surface area contributed by atoms with Gasteiger partial charge in [-0.1, -0.05) is 6.92 Å². The number of alkyl halides is 6. The van der Waals surface area contributed by atoms with Gasteiger partial charge in [-0.3, -0.25) is 9.59 Å². The Morgan fingerprint density at radius 3 is 2.12 bits per heavy atom. The van der Waals surface area contributed by atoms with E-state index in [0.717, 1.165) is 6.92 Å². The number of cyclic esters (lactones) is 1. The molecule has 0 aromatic carbocycles. The number of carbonyl (C=O) groups is 3. The molecule has 0 spiro atoms. The van der Waals surface area contributed by atoms with Crippen LogP contribution in [-0.4, -0.2) is 49.1 Å². The lowest BCUT2D eigenvalue weighted by molar-refractivity contribution is -0.315. The summed E-state index contributed by atoms with van der Waals surface area (Å²) in [6.45, 7) is 2.24. The largest absolute Gasteiger partial charge is 0.463 e. The van der Waals surface area contributed by atoms with Crippen molar-refractivity contribution in [2.75, 3.05) is 6.61 Å². The van der Waals surface area contributed by atoms with Crippen LogP contribution in [0.2, 0.25) is 0 Å². The van der Waals surface area contributed by atoms with Crippen LogP contribution in [-0.2, 0) is 28.6 Å². The molecular weight excluding hydrogens is 378 g/mol. The Balaban J connectivity index is 2.84. The average molecular weight is 394 g/mol. The maximum absolute atomic E-state index is 12.5. The topological polar surface area (TPSA) is 78.9 Å². The SMILES string of the molecule is CCC(C)(CC(=O)OC1CCOC1=O)C(=O)OC(C(F)(F)F)C(F)(F)F. The molecule has 1 saturated heterocycles. The molecule has 2 unspecified atom stereocenters. The van der Waals surface area contributed by atoms with Crippen LogP contribution in [0.4, 0.5) is 26.3 Å². The fourth-order valence-corrected chi connectivity index (χ4v) is 2.01. The Hall–Kier alpha value is -2.01. The molecule has 0 aromatic heterocycles. The third kappa shape index (κ3) is 5.49. The number of carbonyl (C=O) groups excluding carboxylic acids is 3. The van der Waals surface area contributed by atoms with E-state index in [1.54, 1.807) is 0 Å². The van der Waals surface area contributed by atoms with Gasteiger partial charge in [0.15, 0.2) is 0 Å². The lowest BCUT2D eigenvalue weighted by Gasteiger charge is -2.29. The first kappa shape index (κ1) is 22.0. The first-order chi connectivity index (χ1) is 11.7. The molecule has 0 bridgehead atoms. The van der Waals surface area contributed by atoms with E-state index in [0.29, 0.717) is 0 Å². The summed E-state index contributed by atoms with van der Waals surface area (Å²) in [5.41, 5.74) is -2.01. The molecular formula is C14H16F6O6. The summed E-state index contributed by atoms with van der Waals surface area (Å²) in [5, 5.41) is 0. The highest BCUT2D eigenvalue weighted by Crippen LogP contribution is 2.38. The fraction of sp³-hybridized carbons (Fsp3) is 0.786. The van der Waals surface area contributed by atoms with Crippen molar-refractivity contribution in [1.82, 2.24) is 0 Å². The number of ether oxygens (including phenoxy) is 3. The third-order valence-corrected chi connectivity index (χ3v) is 3.79. The second-order valence-corrected chi connectivity index (χ2v) is 5.89. The molecule has 0 aliphatic carbocycles. The average Bonchev–Trinajstić information content (AvgIpc) is 2.86. The van der Waals surface area contributed by atoms with Crippen molar-refractivity contribution < 1.29 is 54.9 Å². The van der Waals surface area contributed by atoms with Gasteiger partial charge in [-0.05, 0) is 13.3 Å². The van der Waals surface area contributed by atoms with E-state index in [2.05, 4.69) is 9.47 Å². The second kappa shape index (κ2) is 7.70. The van der Waals surface area contributed by atoms with Crippen LogP contribution >= 0.6 is 0 Å². The Kier molecular flexibility index (Phi) is 6.53. The third-order valence-electron chi connectivity index (χ3n) is 3.79. The number of hydrogen-bond acceptors (Lipinski definition) is 6. The molecule has 12 heteroatoms. The number of halogens is 6. The standard InChI is InChI=1S/C14H16F6O6/c1-3-12(2,6-8(21)25-7-4-5-24-9(7)22)11(23)26-10(13(15,16)17)14(18,19)20/h7,10H,3-6H2,1-2H3. The van der Waals surface area contributed by atoms with Gasteiger partial charge in [-0.15, -0.1) is 0 Å². The predicted octanol–water partition coefficient (Wildman–Crippen LogP) is 2.69. The van der Waals surface area contributed by atoms with Gasteiger partial charge < -0.3 is 14.2 Å². The number of esters is 3. The van der Waals surface area contributed by atoms with E-state index in [1.165, 1.54) is 6.92 Å². The highest BCUT2D eigenvalue weighted by molar-refractivity contribution is 5.85. The quantitative estimate of drug-likeness (QED) is 0.392. The van der Waals surface area contributed by atoms with Crippen LogP contribution in [0.3, 0.4) is 0 Å². The molecule has 0 radical (unpaired) electrons. The Morgan fingerprint density at radius 1 is 1.19 bits per heavy atom. The van der Waals surface area contributed by atoms with Crippen LogP contribution in [0.1, 0.15) is 33.1 Å². The summed E-state index contributed by atoms with van der Waals surface area (Å²) in [6, 6.07) is 0. The molecule has 1 heterocycles. The summed E-state index contributed by atoms with van der Waals surface area (Å²) < 4.78 is 88.0. The summed E-state index contributed by atoms with van der Waals surface area (Å²) in [6.07, 6.45) is -18.4. The van der Waals surface area contributed by atoms with Crippen molar-refractivity contribution in [3.63, 3.8) is 0 Å². The van der Waals surface area contributed by atoms with E-state index >= 15 is 0 Å². The van der Waals surface area contributed by atoms with Gasteiger partial charge in [0.05, 0.1) is 18.4 Å². The Morgan fingerprint density at radius 2 is 1.73 bits per heavy atom. The van der Waals surface area contributed by atoms with Crippen molar-refractivity contribution >= 4 is 17.9 Å². The van der Waals surface area contributed by atoms with E-state index in [9.17, 15) is 40.7 Å². The number of hydrogen-bond donors (Lipinski definition) is 0. The zero-order valence-corrected chi connectivity index (χ0v) is 13.7. The first-order valence-corrected chi connectivity index (χ1v) is 7.41. The molecule has 6 nitrogen and oxygen atoms in total. The van der Waals surface area contributed by atoms with Crippen molar-refractivity contribution in [1.29, 1.82) is 0 Å². The van der Waals surface area contributed by atoms with Crippen molar-refractivity contribution in [3.05, 3.63) is 0 Å². The van der Waals surface area contributed by atoms with Crippen LogP contribution in [0.5, 0.6) is 0 Å². The first-order valence-electron chi connectivity index (χ1n) is 7.41. The zero-order valence-electron chi connectivity index (χ0n) is 13.7. The lowest BCUT2D eigenvalue weighted by Crippen LogP contribution is -2.48.